The molecule has 1 aromatic heterocycles. The Kier molecular flexibility index (Phi) is 4.07. The van der Waals surface area contributed by atoms with Crippen molar-refractivity contribution in [3.8, 4) is 5.69 Å². The van der Waals surface area contributed by atoms with Gasteiger partial charge in [-0.2, -0.15) is 0 Å². The van der Waals surface area contributed by atoms with Gasteiger partial charge in [0, 0.05) is 10.6 Å². The van der Waals surface area contributed by atoms with Gasteiger partial charge in [-0.1, -0.05) is 23.2 Å². The second kappa shape index (κ2) is 6.02. The second-order valence-electron chi connectivity index (χ2n) is 4.77. The normalized spacial score (nSPS) is 10.7. The van der Waals surface area contributed by atoms with E-state index in [1.807, 2.05) is 0 Å². The highest BCUT2D eigenvalue weighted by atomic mass is 35.5. The molecule has 23 heavy (non-hydrogen) atoms. The summed E-state index contributed by atoms with van der Waals surface area (Å²) in [5.41, 5.74) is 6.97. The molecule has 0 amide bonds. The highest BCUT2D eigenvalue weighted by Gasteiger charge is 2.18. The minimum Gasteiger partial charge on any atom is -0.369 e. The van der Waals surface area contributed by atoms with Crippen LogP contribution in [-0.4, -0.2) is 15.3 Å². The molecule has 3 aromatic rings. The van der Waals surface area contributed by atoms with E-state index in [0.717, 1.165) is 0 Å². The van der Waals surface area contributed by atoms with Crippen molar-refractivity contribution in [3.05, 3.63) is 75.8 Å². The maximum Gasteiger partial charge on any atom is 0.211 e. The van der Waals surface area contributed by atoms with Crippen molar-refractivity contribution < 1.29 is 9.18 Å². The molecule has 0 radical (unpaired) electrons. The smallest absolute Gasteiger partial charge is 0.211 e. The molecule has 0 saturated heterocycles. The highest BCUT2D eigenvalue weighted by molar-refractivity contribution is 6.31. The number of anilines is 1. The molecule has 0 saturated carbocycles. The molecule has 0 fully saturated rings. The molecule has 0 aliphatic rings. The summed E-state index contributed by atoms with van der Waals surface area (Å²) < 4.78 is 14.8. The van der Waals surface area contributed by atoms with Gasteiger partial charge >= 0.3 is 0 Å². The Morgan fingerprint density at radius 3 is 2.48 bits per heavy atom. The number of nitrogen functional groups attached to an aromatic ring is 1. The van der Waals surface area contributed by atoms with E-state index < -0.39 is 5.82 Å². The zero-order valence-corrected chi connectivity index (χ0v) is 13.1. The summed E-state index contributed by atoms with van der Waals surface area (Å²) in [6.07, 6.45) is 1.36. The number of halogens is 3. The fraction of sp³-hybridized carbons (Fsp3) is 0. The molecular weight excluding hydrogens is 340 g/mol. The standard InChI is InChI=1S/C16H10Cl2FN3O/c17-10-3-1-9(2-4-10)15(23)14-8-21-16(20)22(14)11-5-6-13(19)12(18)7-11/h1-8H,(H2,20,21). The minimum absolute atomic E-state index is 0.0690. The van der Waals surface area contributed by atoms with Gasteiger partial charge in [0.25, 0.3) is 0 Å². The molecule has 7 heteroatoms. The van der Waals surface area contributed by atoms with Gasteiger partial charge in [0.1, 0.15) is 11.5 Å². The topological polar surface area (TPSA) is 60.9 Å². The van der Waals surface area contributed by atoms with Gasteiger partial charge in [-0.25, -0.2) is 9.37 Å². The van der Waals surface area contributed by atoms with Crippen LogP contribution in [0.4, 0.5) is 10.3 Å². The van der Waals surface area contributed by atoms with E-state index >= 15 is 0 Å². The molecule has 3 rings (SSSR count). The minimum atomic E-state index is -0.556. The molecule has 2 N–H and O–H groups in total. The summed E-state index contributed by atoms with van der Waals surface area (Å²) in [5, 5.41) is 0.459. The van der Waals surface area contributed by atoms with Gasteiger partial charge in [-0.3, -0.25) is 9.36 Å². The molecule has 0 spiro atoms. The summed E-state index contributed by atoms with van der Waals surface area (Å²) in [7, 11) is 0. The first-order chi connectivity index (χ1) is 11.0. The summed E-state index contributed by atoms with van der Waals surface area (Å²) in [6, 6.07) is 10.5. The van der Waals surface area contributed by atoms with Gasteiger partial charge in [0.15, 0.2) is 0 Å². The number of imidazole rings is 1. The van der Waals surface area contributed by atoms with E-state index in [0.29, 0.717) is 16.3 Å². The quantitative estimate of drug-likeness (QED) is 0.723. The second-order valence-corrected chi connectivity index (χ2v) is 5.62. The number of hydrogen-bond donors (Lipinski definition) is 1. The van der Waals surface area contributed by atoms with Crippen LogP contribution in [0, 0.1) is 5.82 Å². The van der Waals surface area contributed by atoms with E-state index in [4.69, 9.17) is 28.9 Å². The maximum atomic E-state index is 13.3. The summed E-state index contributed by atoms with van der Waals surface area (Å²) in [5.74, 6) is -0.740. The van der Waals surface area contributed by atoms with Gasteiger partial charge in [0.2, 0.25) is 11.7 Å². The molecule has 4 nitrogen and oxygen atoms in total. The summed E-state index contributed by atoms with van der Waals surface area (Å²) in [4.78, 5) is 16.6. The Morgan fingerprint density at radius 2 is 1.83 bits per heavy atom. The number of benzene rings is 2. The molecule has 0 atom stereocenters. The first-order valence-electron chi connectivity index (χ1n) is 6.56. The third-order valence-electron chi connectivity index (χ3n) is 3.29. The number of aromatic nitrogens is 2. The average Bonchev–Trinajstić information content (AvgIpc) is 2.92. The van der Waals surface area contributed by atoms with Crippen LogP contribution in [0.1, 0.15) is 16.1 Å². The lowest BCUT2D eigenvalue weighted by atomic mass is 10.1. The number of carbonyl (C=O) groups excluding carboxylic acids is 1. The van der Waals surface area contributed by atoms with E-state index in [1.54, 1.807) is 24.3 Å². The van der Waals surface area contributed by atoms with Crippen LogP contribution < -0.4 is 5.73 Å². The first kappa shape index (κ1) is 15.5. The number of nitrogens with two attached hydrogens (primary N) is 1. The van der Waals surface area contributed by atoms with Crippen molar-refractivity contribution >= 4 is 34.9 Å². The Morgan fingerprint density at radius 1 is 1.13 bits per heavy atom. The SMILES string of the molecule is Nc1ncc(C(=O)c2ccc(Cl)cc2)n1-c1ccc(F)c(Cl)c1. The number of rotatable bonds is 3. The van der Waals surface area contributed by atoms with Crippen LogP contribution in [0.5, 0.6) is 0 Å². The third-order valence-corrected chi connectivity index (χ3v) is 3.83. The predicted molar refractivity (Wildman–Crippen MR) is 87.8 cm³/mol. The van der Waals surface area contributed by atoms with Crippen molar-refractivity contribution in [2.24, 2.45) is 0 Å². The van der Waals surface area contributed by atoms with Crippen molar-refractivity contribution in [1.29, 1.82) is 0 Å². The predicted octanol–water partition coefficient (Wildman–Crippen LogP) is 4.13. The van der Waals surface area contributed by atoms with E-state index in [-0.39, 0.29) is 22.4 Å². The maximum absolute atomic E-state index is 13.3. The monoisotopic (exact) mass is 349 g/mol. The Labute approximate surface area is 141 Å². The molecule has 0 bridgehead atoms. The third kappa shape index (κ3) is 2.93. The van der Waals surface area contributed by atoms with Gasteiger partial charge < -0.3 is 5.73 Å². The molecule has 0 aliphatic heterocycles. The first-order valence-corrected chi connectivity index (χ1v) is 7.32. The molecule has 116 valence electrons. The number of ketones is 1. The van der Waals surface area contributed by atoms with Crippen LogP contribution in [0.25, 0.3) is 5.69 Å². The Balaban J connectivity index is 2.09. The summed E-state index contributed by atoms with van der Waals surface area (Å²) in [6.45, 7) is 0. The van der Waals surface area contributed by atoms with E-state index in [2.05, 4.69) is 4.98 Å². The molecular formula is C16H10Cl2FN3O. The molecule has 2 aromatic carbocycles. The van der Waals surface area contributed by atoms with Gasteiger partial charge in [0.05, 0.1) is 16.9 Å². The highest BCUT2D eigenvalue weighted by Crippen LogP contribution is 2.24. The van der Waals surface area contributed by atoms with Crippen molar-refractivity contribution in [2.45, 2.75) is 0 Å². The van der Waals surface area contributed by atoms with Crippen molar-refractivity contribution in [2.75, 3.05) is 5.73 Å². The zero-order chi connectivity index (χ0) is 16.6. The Bertz CT molecular complexity index is 891. The van der Waals surface area contributed by atoms with Gasteiger partial charge in [-0.05, 0) is 42.5 Å². The Hall–Kier alpha value is -2.37. The number of nitrogens with zero attached hydrogens (tertiary/aromatic N) is 2. The zero-order valence-electron chi connectivity index (χ0n) is 11.6. The fourth-order valence-corrected chi connectivity index (χ4v) is 2.47. The fourth-order valence-electron chi connectivity index (χ4n) is 2.17. The molecule has 0 aliphatic carbocycles. The number of hydrogen-bond acceptors (Lipinski definition) is 3. The van der Waals surface area contributed by atoms with Crippen LogP contribution in [0.15, 0.2) is 48.7 Å². The lowest BCUT2D eigenvalue weighted by Gasteiger charge is -2.10. The molecule has 0 unspecified atom stereocenters. The van der Waals surface area contributed by atoms with Gasteiger partial charge in [-0.15, -0.1) is 0 Å². The number of carbonyl (C=O) groups is 1. The average molecular weight is 350 g/mol. The van der Waals surface area contributed by atoms with Crippen molar-refractivity contribution in [3.63, 3.8) is 0 Å². The largest absolute Gasteiger partial charge is 0.369 e. The van der Waals surface area contributed by atoms with Crippen LogP contribution in [0.2, 0.25) is 10.0 Å². The summed E-state index contributed by atoms with van der Waals surface area (Å²) >= 11 is 11.6. The van der Waals surface area contributed by atoms with Crippen LogP contribution in [0.3, 0.4) is 0 Å². The van der Waals surface area contributed by atoms with E-state index in [1.165, 1.54) is 29.0 Å². The lowest BCUT2D eigenvalue weighted by molar-refractivity contribution is 0.103. The van der Waals surface area contributed by atoms with Crippen LogP contribution in [-0.2, 0) is 0 Å². The molecule has 1 heterocycles. The van der Waals surface area contributed by atoms with Crippen LogP contribution >= 0.6 is 23.2 Å². The van der Waals surface area contributed by atoms with Crippen molar-refractivity contribution in [1.82, 2.24) is 9.55 Å². The van der Waals surface area contributed by atoms with E-state index in [9.17, 15) is 9.18 Å². The lowest BCUT2D eigenvalue weighted by Crippen LogP contribution is -2.11.